The maximum Gasteiger partial charge on any atom is 0.269 e. The molecule has 146 valence electrons. The summed E-state index contributed by atoms with van der Waals surface area (Å²) < 4.78 is 3.63. The van der Waals surface area contributed by atoms with E-state index in [0.717, 1.165) is 31.1 Å². The summed E-state index contributed by atoms with van der Waals surface area (Å²) in [6, 6.07) is 2.07. The van der Waals surface area contributed by atoms with E-state index in [0.29, 0.717) is 23.8 Å². The third kappa shape index (κ3) is 3.47. The Labute approximate surface area is 161 Å². The molecule has 9 heteroatoms. The van der Waals surface area contributed by atoms with Crippen LogP contribution in [-0.4, -0.2) is 42.7 Å². The summed E-state index contributed by atoms with van der Waals surface area (Å²) in [7, 11) is 0. The molecule has 3 N–H and O–H groups in total. The summed E-state index contributed by atoms with van der Waals surface area (Å²) in [5, 5.41) is 8.28. The minimum atomic E-state index is -0.576. The first-order valence-electron chi connectivity index (χ1n) is 9.43. The Hall–Kier alpha value is -3.23. The van der Waals surface area contributed by atoms with Crippen molar-refractivity contribution in [2.75, 3.05) is 6.54 Å². The molecule has 0 saturated heterocycles. The number of aromatic nitrogens is 5. The first-order valence-corrected chi connectivity index (χ1v) is 9.43. The highest BCUT2D eigenvalue weighted by Crippen LogP contribution is 2.34. The van der Waals surface area contributed by atoms with E-state index in [2.05, 4.69) is 20.4 Å². The first-order chi connectivity index (χ1) is 13.5. The van der Waals surface area contributed by atoms with Gasteiger partial charge < -0.3 is 11.1 Å². The van der Waals surface area contributed by atoms with Gasteiger partial charge in [-0.1, -0.05) is 0 Å². The Bertz CT molecular complexity index is 1000. The molecule has 0 bridgehead atoms. The molecular formula is C19H23N7O2. The van der Waals surface area contributed by atoms with Gasteiger partial charge in [0.25, 0.3) is 5.91 Å². The van der Waals surface area contributed by atoms with Crippen molar-refractivity contribution < 1.29 is 9.59 Å². The van der Waals surface area contributed by atoms with Gasteiger partial charge in [0.1, 0.15) is 17.7 Å². The third-order valence-electron chi connectivity index (χ3n) is 5.36. The standard InChI is InChI=1S/C19H23N7O2/c1-12(27)22-9-13-2-4-15(5-3-13)26-18-14(10-23-26)8-16(24-17(18)19(20)28)25-7-6-21-11-25/h6-8,10-11,13,15H,2-5,9H2,1H3,(H2,20,28)(H,22,27). The summed E-state index contributed by atoms with van der Waals surface area (Å²) >= 11 is 0. The fourth-order valence-corrected chi connectivity index (χ4v) is 3.92. The van der Waals surface area contributed by atoms with Crippen LogP contribution in [0.5, 0.6) is 0 Å². The van der Waals surface area contributed by atoms with Crippen LogP contribution in [0.3, 0.4) is 0 Å². The second-order valence-corrected chi connectivity index (χ2v) is 7.30. The van der Waals surface area contributed by atoms with Crippen molar-refractivity contribution in [2.24, 2.45) is 11.7 Å². The molecule has 4 rings (SSSR count). The molecule has 0 radical (unpaired) electrons. The highest BCUT2D eigenvalue weighted by Gasteiger charge is 2.26. The number of fused-ring (bicyclic) bond motifs is 1. The van der Waals surface area contributed by atoms with Crippen LogP contribution in [0.2, 0.25) is 0 Å². The van der Waals surface area contributed by atoms with Crippen LogP contribution in [-0.2, 0) is 4.79 Å². The maximum atomic E-state index is 12.1. The van der Waals surface area contributed by atoms with Gasteiger partial charge in [-0.15, -0.1) is 0 Å². The van der Waals surface area contributed by atoms with Crippen molar-refractivity contribution in [1.29, 1.82) is 0 Å². The molecule has 3 heterocycles. The lowest BCUT2D eigenvalue weighted by molar-refractivity contribution is -0.119. The number of nitrogens with one attached hydrogen (secondary N) is 1. The van der Waals surface area contributed by atoms with Crippen LogP contribution < -0.4 is 11.1 Å². The first kappa shape index (κ1) is 18.1. The molecule has 0 unspecified atom stereocenters. The lowest BCUT2D eigenvalue weighted by atomic mass is 9.86. The lowest BCUT2D eigenvalue weighted by Crippen LogP contribution is -2.30. The SMILES string of the molecule is CC(=O)NCC1CCC(n2ncc3cc(-n4ccnc4)nc(C(N)=O)c32)CC1. The second-order valence-electron chi connectivity index (χ2n) is 7.30. The second kappa shape index (κ2) is 7.41. The van der Waals surface area contributed by atoms with Crippen LogP contribution >= 0.6 is 0 Å². The average molecular weight is 381 g/mol. The van der Waals surface area contributed by atoms with Gasteiger partial charge in [0.05, 0.1) is 12.2 Å². The molecule has 3 aromatic heterocycles. The Morgan fingerprint density at radius 2 is 2.07 bits per heavy atom. The van der Waals surface area contributed by atoms with Crippen molar-refractivity contribution >= 4 is 22.7 Å². The number of nitrogens with zero attached hydrogens (tertiary/aromatic N) is 5. The van der Waals surface area contributed by atoms with Crippen LogP contribution in [0.1, 0.15) is 49.1 Å². The number of pyridine rings is 1. The molecule has 9 nitrogen and oxygen atoms in total. The van der Waals surface area contributed by atoms with E-state index in [1.165, 1.54) is 6.92 Å². The van der Waals surface area contributed by atoms with E-state index in [-0.39, 0.29) is 17.6 Å². The molecular weight excluding hydrogens is 358 g/mol. The zero-order valence-corrected chi connectivity index (χ0v) is 15.7. The van der Waals surface area contributed by atoms with E-state index < -0.39 is 5.91 Å². The normalized spacial score (nSPS) is 19.6. The smallest absolute Gasteiger partial charge is 0.269 e. The number of rotatable bonds is 5. The van der Waals surface area contributed by atoms with Crippen molar-refractivity contribution in [3.8, 4) is 5.82 Å². The fraction of sp³-hybridized carbons (Fsp3) is 0.421. The molecule has 28 heavy (non-hydrogen) atoms. The van der Waals surface area contributed by atoms with Gasteiger partial charge in [0.15, 0.2) is 5.69 Å². The molecule has 0 aromatic carbocycles. The highest BCUT2D eigenvalue weighted by atomic mass is 16.1. The summed E-state index contributed by atoms with van der Waals surface area (Å²) in [6.45, 7) is 2.25. The number of nitrogens with two attached hydrogens (primary N) is 1. The summed E-state index contributed by atoms with van der Waals surface area (Å²) in [4.78, 5) is 31.7. The third-order valence-corrected chi connectivity index (χ3v) is 5.36. The number of imidazole rings is 1. The van der Waals surface area contributed by atoms with Crippen molar-refractivity contribution in [3.05, 3.63) is 36.7 Å². The quantitative estimate of drug-likeness (QED) is 0.695. The monoisotopic (exact) mass is 381 g/mol. The van der Waals surface area contributed by atoms with Gasteiger partial charge >= 0.3 is 0 Å². The molecule has 0 atom stereocenters. The van der Waals surface area contributed by atoms with Crippen molar-refractivity contribution in [2.45, 2.75) is 38.6 Å². The number of carbonyl (C=O) groups is 2. The van der Waals surface area contributed by atoms with Crippen LogP contribution in [0, 0.1) is 5.92 Å². The number of carbonyl (C=O) groups excluding carboxylic acids is 2. The number of hydrogen-bond acceptors (Lipinski definition) is 5. The van der Waals surface area contributed by atoms with Gasteiger partial charge in [-0.2, -0.15) is 5.10 Å². The van der Waals surface area contributed by atoms with E-state index in [9.17, 15) is 9.59 Å². The molecule has 0 aliphatic heterocycles. The van der Waals surface area contributed by atoms with Gasteiger partial charge in [0.2, 0.25) is 5.91 Å². The van der Waals surface area contributed by atoms with E-state index >= 15 is 0 Å². The van der Waals surface area contributed by atoms with E-state index in [1.54, 1.807) is 29.5 Å². The predicted molar refractivity (Wildman–Crippen MR) is 103 cm³/mol. The van der Waals surface area contributed by atoms with E-state index in [4.69, 9.17) is 5.73 Å². The molecule has 1 aliphatic carbocycles. The Morgan fingerprint density at radius 3 is 2.71 bits per heavy atom. The minimum absolute atomic E-state index is 0.00562. The van der Waals surface area contributed by atoms with Crippen LogP contribution in [0.25, 0.3) is 16.7 Å². The fourth-order valence-electron chi connectivity index (χ4n) is 3.92. The van der Waals surface area contributed by atoms with Gasteiger partial charge in [0, 0.05) is 31.2 Å². The van der Waals surface area contributed by atoms with Crippen molar-refractivity contribution in [1.82, 2.24) is 29.6 Å². The van der Waals surface area contributed by atoms with Crippen molar-refractivity contribution in [3.63, 3.8) is 0 Å². The zero-order valence-electron chi connectivity index (χ0n) is 15.7. The Morgan fingerprint density at radius 1 is 1.29 bits per heavy atom. The molecule has 3 aromatic rings. The molecule has 1 fully saturated rings. The topological polar surface area (TPSA) is 121 Å². The average Bonchev–Trinajstić information content (AvgIpc) is 3.35. The summed E-state index contributed by atoms with van der Waals surface area (Å²) in [5.74, 6) is 0.486. The molecule has 0 spiro atoms. The lowest BCUT2D eigenvalue weighted by Gasteiger charge is -2.29. The van der Waals surface area contributed by atoms with Gasteiger partial charge in [-0.25, -0.2) is 9.97 Å². The molecule has 1 aliphatic rings. The number of amides is 2. The zero-order chi connectivity index (χ0) is 19.7. The van der Waals surface area contributed by atoms with Crippen LogP contribution in [0.15, 0.2) is 31.0 Å². The maximum absolute atomic E-state index is 12.1. The Kier molecular flexibility index (Phi) is 4.81. The minimum Gasteiger partial charge on any atom is -0.364 e. The Balaban J connectivity index is 1.62. The predicted octanol–water partition coefficient (Wildman–Crippen LogP) is 1.58. The highest BCUT2D eigenvalue weighted by molar-refractivity contribution is 6.03. The van der Waals surface area contributed by atoms with Gasteiger partial charge in [-0.3, -0.25) is 18.8 Å². The summed E-state index contributed by atoms with van der Waals surface area (Å²) in [6.07, 6.45) is 10.7. The summed E-state index contributed by atoms with van der Waals surface area (Å²) in [5.41, 5.74) is 6.55. The van der Waals surface area contributed by atoms with E-state index in [1.807, 2.05) is 10.7 Å². The number of primary amides is 1. The van der Waals surface area contributed by atoms with Crippen LogP contribution in [0.4, 0.5) is 0 Å². The largest absolute Gasteiger partial charge is 0.364 e. The molecule has 1 saturated carbocycles. The number of hydrogen-bond donors (Lipinski definition) is 2. The molecule has 2 amide bonds. The van der Waals surface area contributed by atoms with Gasteiger partial charge in [-0.05, 0) is 37.7 Å².